The van der Waals surface area contributed by atoms with Crippen LogP contribution in [0.3, 0.4) is 0 Å². The summed E-state index contributed by atoms with van der Waals surface area (Å²) in [5, 5.41) is 2.95. The number of hydrogen-bond acceptors (Lipinski definition) is 1. The molecule has 1 aromatic carbocycles. The molecule has 22 heavy (non-hydrogen) atoms. The first-order valence-electron chi connectivity index (χ1n) is 7.58. The highest BCUT2D eigenvalue weighted by Crippen LogP contribution is 2.38. The molecule has 3 rings (SSSR count). The van der Waals surface area contributed by atoms with E-state index in [-0.39, 0.29) is 5.91 Å². The summed E-state index contributed by atoms with van der Waals surface area (Å²) < 4.78 is 1.02. The Balaban J connectivity index is 2.16. The predicted molar refractivity (Wildman–Crippen MR) is 94.9 cm³/mol. The Morgan fingerprint density at radius 1 is 1.23 bits per heavy atom. The van der Waals surface area contributed by atoms with Crippen molar-refractivity contribution in [2.75, 3.05) is 5.32 Å². The number of rotatable bonds is 3. The van der Waals surface area contributed by atoms with Crippen molar-refractivity contribution in [3.05, 3.63) is 50.8 Å². The minimum absolute atomic E-state index is 0.0362. The average Bonchev–Trinajstić information content (AvgIpc) is 3.05. The second kappa shape index (κ2) is 5.76. The Labute approximate surface area is 139 Å². The van der Waals surface area contributed by atoms with Gasteiger partial charge >= 0.3 is 0 Å². The molecule has 0 unspecified atom stereocenters. The molecular weight excluding hydrogens is 340 g/mol. The van der Waals surface area contributed by atoms with Gasteiger partial charge in [-0.2, -0.15) is 0 Å². The van der Waals surface area contributed by atoms with Gasteiger partial charge in [-0.05, 0) is 55.2 Å². The summed E-state index contributed by atoms with van der Waals surface area (Å²) in [6.45, 7) is 6.29. The van der Waals surface area contributed by atoms with E-state index in [0.717, 1.165) is 45.4 Å². The number of nitrogens with one attached hydrogen (secondary N) is 2. The van der Waals surface area contributed by atoms with Crippen LogP contribution in [0.1, 0.15) is 41.9 Å². The van der Waals surface area contributed by atoms with Crippen LogP contribution < -0.4 is 5.32 Å². The lowest BCUT2D eigenvalue weighted by Gasteiger charge is -2.06. The summed E-state index contributed by atoms with van der Waals surface area (Å²) in [5.74, 6) is -0.0362. The number of aryl methyl sites for hydroxylation is 2. The van der Waals surface area contributed by atoms with Gasteiger partial charge in [0.2, 0.25) is 0 Å². The number of H-pyrrole nitrogens is 1. The summed E-state index contributed by atoms with van der Waals surface area (Å²) in [7, 11) is 0. The van der Waals surface area contributed by atoms with E-state index in [1.807, 2.05) is 25.1 Å². The van der Waals surface area contributed by atoms with Crippen LogP contribution in [0.4, 0.5) is 5.69 Å². The largest absolute Gasteiger partial charge is 0.359 e. The number of carbonyl (C=O) groups is 1. The molecule has 0 saturated heterocycles. The first-order chi connectivity index (χ1) is 10.5. The summed E-state index contributed by atoms with van der Waals surface area (Å²) >= 11 is 3.55. The molecule has 114 valence electrons. The molecule has 0 bridgehead atoms. The Kier molecular flexibility index (Phi) is 3.96. The summed E-state index contributed by atoms with van der Waals surface area (Å²) in [6.07, 6.45) is 3.89. The number of anilines is 1. The third kappa shape index (κ3) is 2.41. The van der Waals surface area contributed by atoms with Crippen LogP contribution in [0.2, 0.25) is 0 Å². The van der Waals surface area contributed by atoms with Crippen molar-refractivity contribution in [3.8, 4) is 0 Å². The number of carbonyl (C=O) groups excluding carboxylic acids is 1. The van der Waals surface area contributed by atoms with E-state index in [0.29, 0.717) is 0 Å². The van der Waals surface area contributed by atoms with E-state index in [2.05, 4.69) is 46.1 Å². The van der Waals surface area contributed by atoms with E-state index in [1.54, 1.807) is 0 Å². The third-order valence-corrected chi connectivity index (χ3v) is 5.06. The number of aromatic nitrogens is 1. The van der Waals surface area contributed by atoms with Crippen LogP contribution in [-0.2, 0) is 17.6 Å². The second-order valence-electron chi connectivity index (χ2n) is 5.55. The summed E-state index contributed by atoms with van der Waals surface area (Å²) in [4.78, 5) is 15.8. The van der Waals surface area contributed by atoms with Crippen LogP contribution >= 0.6 is 15.9 Å². The smallest absolute Gasteiger partial charge is 0.256 e. The normalized spacial score (nSPS) is 15.3. The molecular formula is C18H19BrN2O. The minimum Gasteiger partial charge on any atom is -0.359 e. The molecule has 2 heterocycles. The van der Waals surface area contributed by atoms with Crippen molar-refractivity contribution in [2.45, 2.75) is 33.6 Å². The molecule has 4 heteroatoms. The topological polar surface area (TPSA) is 44.9 Å². The zero-order valence-electron chi connectivity index (χ0n) is 13.0. The van der Waals surface area contributed by atoms with Gasteiger partial charge in [0.05, 0.1) is 5.57 Å². The minimum atomic E-state index is -0.0362. The van der Waals surface area contributed by atoms with Crippen molar-refractivity contribution in [1.82, 2.24) is 4.98 Å². The van der Waals surface area contributed by atoms with Crippen LogP contribution in [0.15, 0.2) is 22.7 Å². The fraction of sp³-hybridized carbons (Fsp3) is 0.278. The lowest BCUT2D eigenvalue weighted by Crippen LogP contribution is -2.03. The van der Waals surface area contributed by atoms with E-state index < -0.39 is 0 Å². The van der Waals surface area contributed by atoms with Gasteiger partial charge in [0.15, 0.2) is 0 Å². The molecule has 3 nitrogen and oxygen atoms in total. The molecule has 1 aliphatic rings. The van der Waals surface area contributed by atoms with Gasteiger partial charge < -0.3 is 10.3 Å². The number of benzene rings is 1. The number of halogens is 1. The van der Waals surface area contributed by atoms with Crippen molar-refractivity contribution >= 4 is 39.2 Å². The molecule has 0 spiro atoms. The van der Waals surface area contributed by atoms with Gasteiger partial charge in [-0.1, -0.05) is 29.8 Å². The van der Waals surface area contributed by atoms with Crippen molar-refractivity contribution in [1.29, 1.82) is 0 Å². The molecule has 1 amide bonds. The molecule has 2 N–H and O–H groups in total. The molecule has 0 atom stereocenters. The molecule has 1 aromatic heterocycles. The number of amides is 1. The van der Waals surface area contributed by atoms with Gasteiger partial charge in [0.25, 0.3) is 5.91 Å². The first kappa shape index (κ1) is 15.1. The summed E-state index contributed by atoms with van der Waals surface area (Å²) in [6, 6.07) is 6.10. The van der Waals surface area contributed by atoms with Gasteiger partial charge in [0.1, 0.15) is 0 Å². The maximum Gasteiger partial charge on any atom is 0.256 e. The van der Waals surface area contributed by atoms with Crippen molar-refractivity contribution in [3.63, 3.8) is 0 Å². The van der Waals surface area contributed by atoms with E-state index in [1.165, 1.54) is 11.3 Å². The van der Waals surface area contributed by atoms with Gasteiger partial charge in [-0.3, -0.25) is 4.79 Å². The monoisotopic (exact) mass is 358 g/mol. The van der Waals surface area contributed by atoms with Crippen LogP contribution in [-0.4, -0.2) is 10.9 Å². The number of aromatic amines is 1. The van der Waals surface area contributed by atoms with Gasteiger partial charge in [0, 0.05) is 27.1 Å². The predicted octanol–water partition coefficient (Wildman–Crippen LogP) is 4.70. The van der Waals surface area contributed by atoms with Gasteiger partial charge in [-0.25, -0.2) is 0 Å². The van der Waals surface area contributed by atoms with E-state index in [4.69, 9.17) is 0 Å². The van der Waals surface area contributed by atoms with Crippen LogP contribution in [0.5, 0.6) is 0 Å². The highest BCUT2D eigenvalue weighted by atomic mass is 79.9. The summed E-state index contributed by atoms with van der Waals surface area (Å²) in [5.41, 5.74) is 7.19. The Morgan fingerprint density at radius 2 is 2.00 bits per heavy atom. The zero-order valence-corrected chi connectivity index (χ0v) is 14.6. The lowest BCUT2D eigenvalue weighted by molar-refractivity contribution is -0.110. The molecule has 2 aromatic rings. The van der Waals surface area contributed by atoms with Crippen molar-refractivity contribution in [2.24, 2.45) is 0 Å². The van der Waals surface area contributed by atoms with E-state index >= 15 is 0 Å². The second-order valence-corrected chi connectivity index (χ2v) is 6.40. The van der Waals surface area contributed by atoms with Crippen molar-refractivity contribution < 1.29 is 4.79 Å². The quantitative estimate of drug-likeness (QED) is 0.767. The molecule has 0 radical (unpaired) electrons. The fourth-order valence-electron chi connectivity index (χ4n) is 2.91. The van der Waals surface area contributed by atoms with E-state index in [9.17, 15) is 4.79 Å². The SMILES string of the molecule is CCc1cc(CC)c(C=C2C(=O)Nc3ccc(Br)c(C)c32)[nH]1. The molecule has 0 aliphatic carbocycles. The Bertz CT molecular complexity index is 787. The molecule has 0 fully saturated rings. The highest BCUT2D eigenvalue weighted by Gasteiger charge is 2.27. The standard InChI is InChI=1S/C18H19BrN2O/c1-4-11-8-12(5-2)20-16(11)9-13-17-10(3)14(19)6-7-15(17)21-18(13)22/h6-9,20H,4-5H2,1-3H3,(H,21,22). The number of fused-ring (bicyclic) bond motifs is 1. The first-order valence-corrected chi connectivity index (χ1v) is 8.37. The maximum atomic E-state index is 12.4. The Hall–Kier alpha value is -1.81. The van der Waals surface area contributed by atoms with Gasteiger partial charge in [-0.15, -0.1) is 0 Å². The van der Waals surface area contributed by atoms with Crippen LogP contribution in [0.25, 0.3) is 11.6 Å². The molecule has 0 saturated carbocycles. The lowest BCUT2D eigenvalue weighted by atomic mass is 10.00. The maximum absolute atomic E-state index is 12.4. The third-order valence-electron chi connectivity index (χ3n) is 4.20. The average molecular weight is 359 g/mol. The molecule has 1 aliphatic heterocycles. The highest BCUT2D eigenvalue weighted by molar-refractivity contribution is 9.10. The zero-order chi connectivity index (χ0) is 15.9. The van der Waals surface area contributed by atoms with Crippen LogP contribution in [0, 0.1) is 6.92 Å². The Morgan fingerprint density at radius 3 is 2.68 bits per heavy atom. The fourth-order valence-corrected chi connectivity index (χ4v) is 3.24. The number of hydrogen-bond donors (Lipinski definition) is 2.